The summed E-state index contributed by atoms with van der Waals surface area (Å²) in [5.41, 5.74) is 0. The quantitative estimate of drug-likeness (QED) is 0.472. The molecule has 0 saturated heterocycles. The predicted octanol–water partition coefficient (Wildman–Crippen LogP) is -0.0562. The molecule has 0 aromatic rings. The first kappa shape index (κ1) is 18.2. The summed E-state index contributed by atoms with van der Waals surface area (Å²) in [5, 5.41) is 22.3. The first-order valence-corrected chi connectivity index (χ1v) is 6.38. The average Bonchev–Trinajstić information content (AvgIpc) is 2.31. The molecule has 0 fully saturated rings. The Balaban J connectivity index is 4.18. The maximum absolute atomic E-state index is 11.6. The highest BCUT2D eigenvalue weighted by atomic mass is 16.4. The zero-order valence-electron chi connectivity index (χ0n) is 12.0. The number of carboxylic acids is 2. The fourth-order valence-corrected chi connectivity index (χ4v) is 1.47. The normalized spacial score (nSPS) is 13.6. The number of amides is 2. The number of nitrogens with zero attached hydrogens (tertiary/aromatic N) is 1. The lowest BCUT2D eigenvalue weighted by atomic mass is 10.1. The van der Waals surface area contributed by atoms with Crippen molar-refractivity contribution in [2.75, 3.05) is 20.6 Å². The maximum Gasteiger partial charge on any atom is 0.326 e. The van der Waals surface area contributed by atoms with E-state index in [-0.39, 0.29) is 18.9 Å². The second kappa shape index (κ2) is 9.13. The van der Waals surface area contributed by atoms with Crippen molar-refractivity contribution in [1.29, 1.82) is 0 Å². The van der Waals surface area contributed by atoms with Gasteiger partial charge in [0.05, 0.1) is 0 Å². The smallest absolute Gasteiger partial charge is 0.326 e. The van der Waals surface area contributed by atoms with Crippen LogP contribution in [-0.2, 0) is 9.59 Å². The van der Waals surface area contributed by atoms with Gasteiger partial charge >= 0.3 is 18.0 Å². The molecule has 0 bridgehead atoms. The van der Waals surface area contributed by atoms with Crippen molar-refractivity contribution < 1.29 is 24.6 Å². The van der Waals surface area contributed by atoms with Crippen LogP contribution in [0.1, 0.15) is 26.2 Å². The van der Waals surface area contributed by atoms with Crippen LogP contribution in [0.25, 0.3) is 0 Å². The van der Waals surface area contributed by atoms with E-state index in [1.807, 2.05) is 25.9 Å². The lowest BCUT2D eigenvalue weighted by Crippen LogP contribution is -2.48. The van der Waals surface area contributed by atoms with Crippen molar-refractivity contribution >= 4 is 18.0 Å². The Hall–Kier alpha value is -1.83. The van der Waals surface area contributed by atoms with Gasteiger partial charge in [0, 0.05) is 12.5 Å². The van der Waals surface area contributed by atoms with Crippen LogP contribution in [0.4, 0.5) is 4.79 Å². The number of aliphatic carboxylic acids is 2. The number of hydrogen-bond donors (Lipinski definition) is 4. The van der Waals surface area contributed by atoms with Crippen molar-refractivity contribution in [3.8, 4) is 0 Å². The minimum absolute atomic E-state index is 0.105. The Morgan fingerprint density at radius 3 is 2.15 bits per heavy atom. The van der Waals surface area contributed by atoms with Crippen molar-refractivity contribution in [1.82, 2.24) is 15.5 Å². The van der Waals surface area contributed by atoms with E-state index in [9.17, 15) is 14.4 Å². The number of urea groups is 1. The fourth-order valence-electron chi connectivity index (χ4n) is 1.47. The molecule has 0 radical (unpaired) electrons. The Bertz CT molecular complexity index is 346. The molecule has 0 heterocycles. The Kier molecular flexibility index (Phi) is 8.30. The average molecular weight is 289 g/mol. The van der Waals surface area contributed by atoms with E-state index >= 15 is 0 Å². The van der Waals surface area contributed by atoms with E-state index in [1.165, 1.54) is 0 Å². The summed E-state index contributed by atoms with van der Waals surface area (Å²) < 4.78 is 0. The van der Waals surface area contributed by atoms with Crippen LogP contribution in [0.2, 0.25) is 0 Å². The first-order valence-electron chi connectivity index (χ1n) is 6.38. The first-order chi connectivity index (χ1) is 9.22. The largest absolute Gasteiger partial charge is 0.481 e. The molecule has 116 valence electrons. The van der Waals surface area contributed by atoms with Crippen LogP contribution in [0.3, 0.4) is 0 Å². The summed E-state index contributed by atoms with van der Waals surface area (Å²) in [6, 6.07) is -1.91. The van der Waals surface area contributed by atoms with Crippen LogP contribution < -0.4 is 10.6 Å². The third kappa shape index (κ3) is 9.15. The third-order valence-electron chi connectivity index (χ3n) is 2.64. The summed E-state index contributed by atoms with van der Waals surface area (Å²) in [6.45, 7) is 2.61. The van der Waals surface area contributed by atoms with E-state index < -0.39 is 24.0 Å². The highest BCUT2D eigenvalue weighted by molar-refractivity contribution is 5.83. The number of rotatable bonds is 9. The summed E-state index contributed by atoms with van der Waals surface area (Å²) in [5.74, 6) is -2.35. The minimum atomic E-state index is -1.25. The molecule has 4 N–H and O–H groups in total. The van der Waals surface area contributed by atoms with Gasteiger partial charge in [-0.2, -0.15) is 0 Å². The minimum Gasteiger partial charge on any atom is -0.481 e. The monoisotopic (exact) mass is 289 g/mol. The second-order valence-corrected chi connectivity index (χ2v) is 4.93. The van der Waals surface area contributed by atoms with E-state index in [1.54, 1.807) is 0 Å². The Morgan fingerprint density at radius 1 is 1.10 bits per heavy atom. The molecule has 1 unspecified atom stereocenters. The van der Waals surface area contributed by atoms with E-state index in [4.69, 9.17) is 10.2 Å². The topological polar surface area (TPSA) is 119 Å². The molecule has 0 aromatic carbocycles. The summed E-state index contributed by atoms with van der Waals surface area (Å²) in [6.07, 6.45) is 0.269. The zero-order chi connectivity index (χ0) is 15.7. The molecule has 20 heavy (non-hydrogen) atoms. The van der Waals surface area contributed by atoms with Gasteiger partial charge in [-0.1, -0.05) is 0 Å². The molecule has 0 aliphatic heterocycles. The maximum atomic E-state index is 11.6. The van der Waals surface area contributed by atoms with Gasteiger partial charge in [-0.15, -0.1) is 0 Å². The van der Waals surface area contributed by atoms with Gasteiger partial charge in [0.15, 0.2) is 0 Å². The molecule has 0 aromatic heterocycles. The number of hydrogen-bond acceptors (Lipinski definition) is 4. The Labute approximate surface area is 118 Å². The van der Waals surface area contributed by atoms with E-state index in [0.717, 1.165) is 13.0 Å². The van der Waals surface area contributed by atoms with Crippen LogP contribution >= 0.6 is 0 Å². The summed E-state index contributed by atoms with van der Waals surface area (Å²) >= 11 is 0. The van der Waals surface area contributed by atoms with Crippen molar-refractivity contribution in [3.05, 3.63) is 0 Å². The molecule has 0 spiro atoms. The van der Waals surface area contributed by atoms with Crippen LogP contribution in [-0.4, -0.2) is 65.8 Å². The number of carboxylic acid groups (broad SMARTS) is 2. The van der Waals surface area contributed by atoms with E-state index in [0.29, 0.717) is 0 Å². The van der Waals surface area contributed by atoms with Crippen molar-refractivity contribution in [3.63, 3.8) is 0 Å². The molecule has 8 nitrogen and oxygen atoms in total. The van der Waals surface area contributed by atoms with Crippen LogP contribution in [0, 0.1) is 0 Å². The van der Waals surface area contributed by atoms with Gasteiger partial charge < -0.3 is 25.7 Å². The van der Waals surface area contributed by atoms with Gasteiger partial charge in [-0.3, -0.25) is 4.79 Å². The molecule has 0 aliphatic carbocycles. The highest BCUT2D eigenvalue weighted by Crippen LogP contribution is 1.99. The number of carbonyl (C=O) groups excluding carboxylic acids is 1. The third-order valence-corrected chi connectivity index (χ3v) is 2.64. The molecule has 0 rings (SSSR count). The van der Waals surface area contributed by atoms with Gasteiger partial charge in [0.25, 0.3) is 0 Å². The molecule has 0 saturated carbocycles. The van der Waals surface area contributed by atoms with Crippen LogP contribution in [0.5, 0.6) is 0 Å². The molecular formula is C12H23N3O5. The molecule has 0 aliphatic rings. The number of carbonyl (C=O) groups is 3. The van der Waals surface area contributed by atoms with Gasteiger partial charge in [-0.25, -0.2) is 9.59 Å². The summed E-state index contributed by atoms with van der Waals surface area (Å²) in [7, 11) is 3.83. The molecular weight excluding hydrogens is 266 g/mol. The van der Waals surface area contributed by atoms with Gasteiger partial charge in [0.2, 0.25) is 0 Å². The molecule has 2 atom stereocenters. The van der Waals surface area contributed by atoms with E-state index in [2.05, 4.69) is 10.6 Å². The van der Waals surface area contributed by atoms with Crippen LogP contribution in [0.15, 0.2) is 0 Å². The summed E-state index contributed by atoms with van der Waals surface area (Å²) in [4.78, 5) is 34.9. The zero-order valence-corrected chi connectivity index (χ0v) is 12.0. The van der Waals surface area contributed by atoms with Crippen molar-refractivity contribution in [2.24, 2.45) is 0 Å². The second-order valence-electron chi connectivity index (χ2n) is 4.93. The number of nitrogens with one attached hydrogen (secondary N) is 2. The Morgan fingerprint density at radius 2 is 1.70 bits per heavy atom. The molecule has 8 heteroatoms. The van der Waals surface area contributed by atoms with Gasteiger partial charge in [-0.05, 0) is 40.4 Å². The SMILES string of the molecule is CC(CCN(C)C)NC(=O)N[C@@H](CCC(=O)O)C(=O)O. The fraction of sp³-hybridized carbons (Fsp3) is 0.750. The van der Waals surface area contributed by atoms with Crippen molar-refractivity contribution in [2.45, 2.75) is 38.3 Å². The standard InChI is InChI=1S/C12H23N3O5/c1-8(6-7-15(2)3)13-12(20)14-9(11(18)19)4-5-10(16)17/h8-9H,4-7H2,1-3H3,(H,16,17)(H,18,19)(H2,13,14,20)/t8?,9-/m0/s1. The lowest BCUT2D eigenvalue weighted by Gasteiger charge is -2.19. The highest BCUT2D eigenvalue weighted by Gasteiger charge is 2.21. The van der Waals surface area contributed by atoms with Gasteiger partial charge in [0.1, 0.15) is 6.04 Å². The molecule has 2 amide bonds. The lowest BCUT2D eigenvalue weighted by molar-refractivity contribution is -0.140. The predicted molar refractivity (Wildman–Crippen MR) is 72.6 cm³/mol.